The number of allylic oxidation sites excluding steroid dienone is 1. The summed E-state index contributed by atoms with van der Waals surface area (Å²) < 4.78 is 41.3. The number of carbonyl (C=O) groups is 1. The standard InChI is InChI=1S/C21H29F3O2/c1-12-10-13-11-14(25)4-7-18(13,2)15-5-8-19(3)16(17(12)15)6-9-20(19,26)21(22,23)24/h11-12,15-17,26H,4-10H2,1-3H3/t12-,15?,16?,17?,18-,19-,20-/m0/s1. The van der Waals surface area contributed by atoms with E-state index in [1.165, 1.54) is 5.57 Å². The van der Waals surface area contributed by atoms with Crippen LogP contribution in [-0.4, -0.2) is 22.7 Å². The molecule has 0 amide bonds. The molecule has 5 heteroatoms. The molecule has 4 aliphatic rings. The summed E-state index contributed by atoms with van der Waals surface area (Å²) in [6.07, 6.45) is 0.821. The number of hydrogen-bond acceptors (Lipinski definition) is 2. The lowest BCUT2D eigenvalue weighted by Crippen LogP contribution is -2.61. The molecule has 146 valence electrons. The molecular formula is C21H29F3O2. The summed E-state index contributed by atoms with van der Waals surface area (Å²) >= 11 is 0. The monoisotopic (exact) mass is 370 g/mol. The van der Waals surface area contributed by atoms with E-state index >= 15 is 0 Å². The molecule has 0 saturated heterocycles. The van der Waals surface area contributed by atoms with Crippen molar-refractivity contribution in [2.24, 2.45) is 34.5 Å². The Labute approximate surface area is 153 Å². The van der Waals surface area contributed by atoms with E-state index in [9.17, 15) is 23.1 Å². The number of hydrogen-bond donors (Lipinski definition) is 1. The van der Waals surface area contributed by atoms with E-state index in [1.807, 2.05) is 6.08 Å². The summed E-state index contributed by atoms with van der Waals surface area (Å²) in [5.74, 6) is 0.861. The molecule has 7 atom stereocenters. The van der Waals surface area contributed by atoms with Crippen LogP contribution in [0.2, 0.25) is 0 Å². The molecule has 4 rings (SSSR count). The van der Waals surface area contributed by atoms with Gasteiger partial charge in [-0.3, -0.25) is 4.79 Å². The first-order chi connectivity index (χ1) is 11.9. The number of fused-ring (bicyclic) bond motifs is 5. The average Bonchev–Trinajstić information content (AvgIpc) is 2.82. The van der Waals surface area contributed by atoms with Crippen LogP contribution in [0.1, 0.15) is 65.7 Å². The van der Waals surface area contributed by atoms with Gasteiger partial charge in [0.05, 0.1) is 0 Å². The molecule has 0 aromatic heterocycles. The van der Waals surface area contributed by atoms with E-state index in [1.54, 1.807) is 6.92 Å². The fourth-order valence-corrected chi connectivity index (χ4v) is 7.39. The highest BCUT2D eigenvalue weighted by Gasteiger charge is 2.72. The fraction of sp³-hybridized carbons (Fsp3) is 0.857. The Balaban J connectivity index is 1.74. The maximum atomic E-state index is 13.8. The summed E-state index contributed by atoms with van der Waals surface area (Å²) in [4.78, 5) is 11.9. The van der Waals surface area contributed by atoms with Crippen molar-refractivity contribution in [1.29, 1.82) is 0 Å². The summed E-state index contributed by atoms with van der Waals surface area (Å²) in [6, 6.07) is 0. The van der Waals surface area contributed by atoms with Crippen molar-refractivity contribution < 1.29 is 23.1 Å². The van der Waals surface area contributed by atoms with Crippen molar-refractivity contribution in [2.75, 3.05) is 0 Å². The zero-order chi connectivity index (χ0) is 19.1. The zero-order valence-corrected chi connectivity index (χ0v) is 15.8. The van der Waals surface area contributed by atoms with Gasteiger partial charge < -0.3 is 5.11 Å². The number of carbonyl (C=O) groups excluding carboxylic acids is 1. The Morgan fingerprint density at radius 1 is 1.12 bits per heavy atom. The highest BCUT2D eigenvalue weighted by Crippen LogP contribution is 2.70. The molecule has 2 nitrogen and oxygen atoms in total. The van der Waals surface area contributed by atoms with Crippen LogP contribution in [0.25, 0.3) is 0 Å². The second-order valence-electron chi connectivity index (χ2n) is 9.88. The molecule has 0 spiro atoms. The largest absolute Gasteiger partial charge is 0.417 e. The van der Waals surface area contributed by atoms with E-state index in [-0.39, 0.29) is 35.4 Å². The molecule has 0 radical (unpaired) electrons. The Hall–Kier alpha value is -0.840. The Morgan fingerprint density at radius 2 is 1.77 bits per heavy atom. The van der Waals surface area contributed by atoms with Crippen molar-refractivity contribution in [3.8, 4) is 0 Å². The predicted octanol–water partition coefficient (Wildman–Crippen LogP) is 5.06. The first-order valence-corrected chi connectivity index (χ1v) is 9.97. The third kappa shape index (κ3) is 2.12. The van der Waals surface area contributed by atoms with E-state index < -0.39 is 17.2 Å². The second kappa shape index (κ2) is 5.36. The van der Waals surface area contributed by atoms with Gasteiger partial charge in [0.15, 0.2) is 11.4 Å². The molecule has 0 aromatic carbocycles. The molecule has 3 saturated carbocycles. The molecule has 4 aliphatic carbocycles. The molecular weight excluding hydrogens is 341 g/mol. The summed E-state index contributed by atoms with van der Waals surface area (Å²) in [7, 11) is 0. The minimum Gasteiger partial charge on any atom is -0.380 e. The Kier molecular flexibility index (Phi) is 3.82. The van der Waals surface area contributed by atoms with Gasteiger partial charge in [0.25, 0.3) is 0 Å². The van der Waals surface area contributed by atoms with E-state index in [2.05, 4.69) is 13.8 Å². The average molecular weight is 370 g/mol. The molecule has 26 heavy (non-hydrogen) atoms. The van der Waals surface area contributed by atoms with Gasteiger partial charge in [0.2, 0.25) is 0 Å². The summed E-state index contributed by atoms with van der Waals surface area (Å²) in [6.45, 7) is 6.04. The van der Waals surface area contributed by atoms with Crippen LogP contribution in [0.5, 0.6) is 0 Å². The van der Waals surface area contributed by atoms with Gasteiger partial charge in [-0.05, 0) is 73.7 Å². The lowest BCUT2D eigenvalue weighted by atomic mass is 9.44. The summed E-state index contributed by atoms with van der Waals surface area (Å²) in [5.41, 5.74) is -2.50. The highest BCUT2D eigenvalue weighted by atomic mass is 19.4. The van der Waals surface area contributed by atoms with Crippen LogP contribution in [0, 0.1) is 34.5 Å². The normalized spacial score (nSPS) is 51.3. The van der Waals surface area contributed by atoms with Gasteiger partial charge in [-0.2, -0.15) is 13.2 Å². The smallest absolute Gasteiger partial charge is 0.380 e. The summed E-state index contributed by atoms with van der Waals surface area (Å²) in [5, 5.41) is 10.7. The quantitative estimate of drug-likeness (QED) is 0.647. The lowest BCUT2D eigenvalue weighted by molar-refractivity contribution is -0.304. The minimum absolute atomic E-state index is 0.0641. The van der Waals surface area contributed by atoms with Gasteiger partial charge in [-0.1, -0.05) is 26.3 Å². The molecule has 0 aliphatic heterocycles. The second-order valence-corrected chi connectivity index (χ2v) is 9.88. The van der Waals surface area contributed by atoms with Crippen LogP contribution in [0.4, 0.5) is 13.2 Å². The lowest BCUT2D eigenvalue weighted by Gasteiger charge is -2.61. The van der Waals surface area contributed by atoms with Crippen LogP contribution in [0.15, 0.2) is 11.6 Å². The Bertz CT molecular complexity index is 669. The molecule has 1 N–H and O–H groups in total. The molecule has 0 aromatic rings. The topological polar surface area (TPSA) is 37.3 Å². The SMILES string of the molecule is C[C@H]1CC2=CC(=O)CC[C@]2(C)C2CC[C@@]3(C)C(CC[C@@]3(O)C(F)(F)F)C21. The van der Waals surface area contributed by atoms with Crippen molar-refractivity contribution in [1.82, 2.24) is 0 Å². The molecule has 0 bridgehead atoms. The van der Waals surface area contributed by atoms with Gasteiger partial charge in [-0.15, -0.1) is 0 Å². The fourth-order valence-electron chi connectivity index (χ4n) is 7.39. The maximum absolute atomic E-state index is 13.8. The molecule has 0 heterocycles. The number of rotatable bonds is 0. The number of alkyl halides is 3. The molecule has 3 unspecified atom stereocenters. The first kappa shape index (κ1) is 18.5. The van der Waals surface area contributed by atoms with Crippen LogP contribution in [0.3, 0.4) is 0 Å². The van der Waals surface area contributed by atoms with Gasteiger partial charge in [0, 0.05) is 11.8 Å². The number of aliphatic hydroxyl groups is 1. The molecule has 3 fully saturated rings. The number of halogens is 3. The minimum atomic E-state index is -4.58. The van der Waals surface area contributed by atoms with E-state index in [4.69, 9.17) is 0 Å². The highest BCUT2D eigenvalue weighted by molar-refractivity contribution is 5.91. The van der Waals surface area contributed by atoms with Gasteiger partial charge in [-0.25, -0.2) is 0 Å². The van der Waals surface area contributed by atoms with Crippen molar-refractivity contribution in [3.05, 3.63) is 11.6 Å². The maximum Gasteiger partial charge on any atom is 0.417 e. The van der Waals surface area contributed by atoms with Crippen molar-refractivity contribution in [2.45, 2.75) is 77.5 Å². The van der Waals surface area contributed by atoms with Crippen LogP contribution in [-0.2, 0) is 4.79 Å². The number of ketones is 1. The van der Waals surface area contributed by atoms with Crippen LogP contribution < -0.4 is 0 Å². The van der Waals surface area contributed by atoms with Crippen molar-refractivity contribution in [3.63, 3.8) is 0 Å². The third-order valence-electron chi connectivity index (χ3n) is 8.93. The Morgan fingerprint density at radius 3 is 2.42 bits per heavy atom. The predicted molar refractivity (Wildman–Crippen MR) is 92.3 cm³/mol. The van der Waals surface area contributed by atoms with Gasteiger partial charge >= 0.3 is 6.18 Å². The van der Waals surface area contributed by atoms with Gasteiger partial charge in [0.1, 0.15) is 0 Å². The zero-order valence-electron chi connectivity index (χ0n) is 15.8. The third-order valence-corrected chi connectivity index (χ3v) is 8.93. The van der Waals surface area contributed by atoms with Crippen LogP contribution >= 0.6 is 0 Å². The van der Waals surface area contributed by atoms with E-state index in [0.29, 0.717) is 31.6 Å². The van der Waals surface area contributed by atoms with E-state index in [0.717, 1.165) is 12.8 Å². The first-order valence-electron chi connectivity index (χ1n) is 9.97. The van der Waals surface area contributed by atoms with Crippen molar-refractivity contribution >= 4 is 5.78 Å².